The SMILES string of the molecule is COC(=O)C(Cl)CNCC1CCCC1. The van der Waals surface area contributed by atoms with E-state index in [1.807, 2.05) is 0 Å². The molecule has 0 aliphatic heterocycles. The largest absolute Gasteiger partial charge is 0.468 e. The van der Waals surface area contributed by atoms with Crippen LogP contribution in [0.4, 0.5) is 0 Å². The molecule has 0 heterocycles. The maximum atomic E-state index is 10.9. The van der Waals surface area contributed by atoms with Crippen LogP contribution in [0.25, 0.3) is 0 Å². The third-order valence-corrected chi connectivity index (χ3v) is 3.02. The van der Waals surface area contributed by atoms with Crippen molar-refractivity contribution >= 4 is 17.6 Å². The van der Waals surface area contributed by atoms with Gasteiger partial charge < -0.3 is 10.1 Å². The van der Waals surface area contributed by atoms with Gasteiger partial charge >= 0.3 is 5.97 Å². The van der Waals surface area contributed by atoms with Crippen molar-refractivity contribution in [2.75, 3.05) is 20.2 Å². The van der Waals surface area contributed by atoms with Crippen LogP contribution in [0, 0.1) is 5.92 Å². The van der Waals surface area contributed by atoms with Crippen molar-refractivity contribution in [2.24, 2.45) is 5.92 Å². The molecular formula is C10H18ClNO2. The van der Waals surface area contributed by atoms with Gasteiger partial charge in [0.05, 0.1) is 7.11 Å². The summed E-state index contributed by atoms with van der Waals surface area (Å²) in [7, 11) is 1.36. The number of alkyl halides is 1. The standard InChI is InChI=1S/C10H18ClNO2/c1-14-10(13)9(11)7-12-6-8-4-2-3-5-8/h8-9,12H,2-7H2,1H3. The Morgan fingerprint density at radius 2 is 2.21 bits per heavy atom. The zero-order chi connectivity index (χ0) is 10.4. The molecule has 3 nitrogen and oxygen atoms in total. The molecule has 0 saturated heterocycles. The molecule has 0 aromatic heterocycles. The Morgan fingerprint density at radius 3 is 2.79 bits per heavy atom. The fraction of sp³-hybridized carbons (Fsp3) is 0.900. The quantitative estimate of drug-likeness (QED) is 0.563. The minimum Gasteiger partial charge on any atom is -0.468 e. The number of hydrogen-bond donors (Lipinski definition) is 1. The highest BCUT2D eigenvalue weighted by Gasteiger charge is 2.17. The number of nitrogens with one attached hydrogen (secondary N) is 1. The van der Waals surface area contributed by atoms with Gasteiger partial charge in [0.15, 0.2) is 0 Å². The van der Waals surface area contributed by atoms with Crippen LogP contribution in [0.2, 0.25) is 0 Å². The molecule has 14 heavy (non-hydrogen) atoms. The van der Waals surface area contributed by atoms with E-state index in [1.54, 1.807) is 0 Å². The van der Waals surface area contributed by atoms with E-state index in [-0.39, 0.29) is 5.97 Å². The van der Waals surface area contributed by atoms with Gasteiger partial charge in [0.1, 0.15) is 5.38 Å². The molecule has 1 fully saturated rings. The highest BCUT2D eigenvalue weighted by molar-refractivity contribution is 6.30. The smallest absolute Gasteiger partial charge is 0.325 e. The first-order valence-electron chi connectivity index (χ1n) is 5.16. The zero-order valence-electron chi connectivity index (χ0n) is 8.59. The summed E-state index contributed by atoms with van der Waals surface area (Å²) in [6.45, 7) is 1.48. The number of carbonyl (C=O) groups is 1. The zero-order valence-corrected chi connectivity index (χ0v) is 9.35. The summed E-state index contributed by atoms with van der Waals surface area (Å²) in [5.41, 5.74) is 0. The fourth-order valence-electron chi connectivity index (χ4n) is 1.84. The third kappa shape index (κ3) is 3.84. The summed E-state index contributed by atoms with van der Waals surface area (Å²) in [6, 6.07) is 0. The molecule has 1 rings (SSSR count). The van der Waals surface area contributed by atoms with Crippen LogP contribution in [0.15, 0.2) is 0 Å². The van der Waals surface area contributed by atoms with Crippen molar-refractivity contribution in [1.82, 2.24) is 5.32 Å². The Bertz CT molecular complexity index is 181. The average Bonchev–Trinajstić information content (AvgIpc) is 2.69. The van der Waals surface area contributed by atoms with Gasteiger partial charge in [0.2, 0.25) is 0 Å². The maximum Gasteiger partial charge on any atom is 0.325 e. The number of methoxy groups -OCH3 is 1. The molecule has 82 valence electrons. The van der Waals surface area contributed by atoms with Crippen molar-refractivity contribution in [2.45, 2.75) is 31.1 Å². The van der Waals surface area contributed by atoms with E-state index in [4.69, 9.17) is 11.6 Å². The Balaban J connectivity index is 2.05. The molecule has 0 radical (unpaired) electrons. The van der Waals surface area contributed by atoms with Gasteiger partial charge in [-0.25, -0.2) is 0 Å². The van der Waals surface area contributed by atoms with Crippen LogP contribution in [-0.4, -0.2) is 31.5 Å². The van der Waals surface area contributed by atoms with Gasteiger partial charge in [-0.2, -0.15) is 0 Å². The number of rotatable bonds is 5. The molecule has 4 heteroatoms. The molecule has 0 aromatic carbocycles. The number of esters is 1. The minimum atomic E-state index is -0.554. The first-order chi connectivity index (χ1) is 6.74. The Kier molecular flexibility index (Phi) is 5.26. The molecule has 1 unspecified atom stereocenters. The normalized spacial score (nSPS) is 19.6. The summed E-state index contributed by atoms with van der Waals surface area (Å²) in [5.74, 6) is 0.419. The molecule has 1 atom stereocenters. The van der Waals surface area contributed by atoms with Gasteiger partial charge in [-0.1, -0.05) is 12.8 Å². The van der Waals surface area contributed by atoms with Crippen molar-refractivity contribution in [3.63, 3.8) is 0 Å². The van der Waals surface area contributed by atoms with Crippen molar-refractivity contribution in [3.05, 3.63) is 0 Å². The number of hydrogen-bond acceptors (Lipinski definition) is 3. The van der Waals surface area contributed by atoms with E-state index >= 15 is 0 Å². The molecule has 1 saturated carbocycles. The molecule has 1 N–H and O–H groups in total. The van der Waals surface area contributed by atoms with Gasteiger partial charge in [-0.3, -0.25) is 4.79 Å². The van der Waals surface area contributed by atoms with Crippen molar-refractivity contribution in [1.29, 1.82) is 0 Å². The second kappa shape index (κ2) is 6.25. The van der Waals surface area contributed by atoms with Crippen LogP contribution in [0.5, 0.6) is 0 Å². The van der Waals surface area contributed by atoms with E-state index in [1.165, 1.54) is 32.8 Å². The summed E-state index contributed by atoms with van der Waals surface area (Å²) in [5, 5.41) is 2.66. The second-order valence-electron chi connectivity index (χ2n) is 3.80. The number of halogens is 1. The van der Waals surface area contributed by atoms with Crippen LogP contribution >= 0.6 is 11.6 Å². The van der Waals surface area contributed by atoms with Gasteiger partial charge in [-0.15, -0.1) is 11.6 Å². The number of ether oxygens (including phenoxy) is 1. The lowest BCUT2D eigenvalue weighted by Crippen LogP contribution is -2.32. The summed E-state index contributed by atoms with van der Waals surface area (Å²) in [6.07, 6.45) is 5.29. The highest BCUT2D eigenvalue weighted by atomic mass is 35.5. The van der Waals surface area contributed by atoms with E-state index in [0.717, 1.165) is 12.5 Å². The predicted octanol–water partition coefficient (Wildman–Crippen LogP) is 1.55. The van der Waals surface area contributed by atoms with Gasteiger partial charge in [-0.05, 0) is 25.3 Å². The molecular weight excluding hydrogens is 202 g/mol. The van der Waals surface area contributed by atoms with Crippen molar-refractivity contribution in [3.8, 4) is 0 Å². The molecule has 0 spiro atoms. The first-order valence-corrected chi connectivity index (χ1v) is 5.60. The lowest BCUT2D eigenvalue weighted by molar-refractivity contribution is -0.140. The Labute approximate surface area is 90.1 Å². The molecule has 1 aliphatic rings. The Hall–Kier alpha value is -0.280. The first kappa shape index (κ1) is 11.8. The molecule has 1 aliphatic carbocycles. The average molecular weight is 220 g/mol. The molecule has 0 amide bonds. The predicted molar refractivity (Wildman–Crippen MR) is 56.5 cm³/mol. The van der Waals surface area contributed by atoms with Crippen LogP contribution in [0.3, 0.4) is 0 Å². The van der Waals surface area contributed by atoms with Crippen molar-refractivity contribution < 1.29 is 9.53 Å². The highest BCUT2D eigenvalue weighted by Crippen LogP contribution is 2.23. The van der Waals surface area contributed by atoms with E-state index < -0.39 is 5.38 Å². The van der Waals surface area contributed by atoms with Crippen LogP contribution in [0.1, 0.15) is 25.7 Å². The summed E-state index contributed by atoms with van der Waals surface area (Å²) < 4.78 is 4.52. The van der Waals surface area contributed by atoms with Gasteiger partial charge in [0, 0.05) is 6.54 Å². The second-order valence-corrected chi connectivity index (χ2v) is 4.33. The molecule has 0 aromatic rings. The number of carbonyl (C=O) groups excluding carboxylic acids is 1. The molecule has 0 bridgehead atoms. The lowest BCUT2D eigenvalue weighted by Gasteiger charge is -2.12. The van der Waals surface area contributed by atoms with Crippen LogP contribution in [-0.2, 0) is 9.53 Å². The monoisotopic (exact) mass is 219 g/mol. The lowest BCUT2D eigenvalue weighted by atomic mass is 10.1. The maximum absolute atomic E-state index is 10.9. The topological polar surface area (TPSA) is 38.3 Å². The summed E-state index contributed by atoms with van der Waals surface area (Å²) >= 11 is 5.78. The van der Waals surface area contributed by atoms with E-state index in [9.17, 15) is 4.79 Å². The fourth-order valence-corrected chi connectivity index (χ4v) is 2.04. The summed E-state index contributed by atoms with van der Waals surface area (Å²) in [4.78, 5) is 10.9. The Morgan fingerprint density at radius 1 is 1.57 bits per heavy atom. The third-order valence-electron chi connectivity index (χ3n) is 2.69. The van der Waals surface area contributed by atoms with E-state index in [0.29, 0.717) is 6.54 Å². The van der Waals surface area contributed by atoms with Crippen LogP contribution < -0.4 is 5.32 Å². The minimum absolute atomic E-state index is 0.356. The van der Waals surface area contributed by atoms with E-state index in [2.05, 4.69) is 10.1 Å². The van der Waals surface area contributed by atoms with Gasteiger partial charge in [0.25, 0.3) is 0 Å².